The van der Waals surface area contributed by atoms with Crippen molar-refractivity contribution in [1.82, 2.24) is 5.32 Å². The van der Waals surface area contributed by atoms with E-state index in [1.807, 2.05) is 13.8 Å². The molecule has 0 aromatic heterocycles. The Bertz CT molecular complexity index is 563. The summed E-state index contributed by atoms with van der Waals surface area (Å²) in [5.74, 6) is -0.219. The third-order valence-corrected chi connectivity index (χ3v) is 4.35. The van der Waals surface area contributed by atoms with Gasteiger partial charge in [-0.25, -0.2) is 0 Å². The molecule has 1 heterocycles. The van der Waals surface area contributed by atoms with Gasteiger partial charge in [0.2, 0.25) is 11.8 Å². The predicted octanol–water partition coefficient (Wildman–Crippen LogP) is 3.40. The molecule has 0 radical (unpaired) electrons. The molecule has 0 saturated carbocycles. The van der Waals surface area contributed by atoms with Gasteiger partial charge in [0.15, 0.2) is 0 Å². The maximum Gasteiger partial charge on any atom is 0.250 e. The number of hydrogen-bond donors (Lipinski definition) is 1. The molecule has 1 aliphatic heterocycles. The summed E-state index contributed by atoms with van der Waals surface area (Å²) in [6.07, 6.45) is 1.98. The minimum atomic E-state index is -0.511. The van der Waals surface area contributed by atoms with Crippen LogP contribution in [0.25, 0.3) is 0 Å². The molecule has 2 rings (SSSR count). The standard InChI is InChI=1S/C15H18Cl2N2O2/c1-3-5-12-15(21)19(13(4-2)14(20)18-12)9-6-7-10(16)11(17)8-9/h6-8,12-13H,3-5H2,1-2H3,(H,18,20). The number of piperazine rings is 1. The van der Waals surface area contributed by atoms with Crippen LogP contribution in [0.3, 0.4) is 0 Å². The molecule has 114 valence electrons. The number of halogens is 2. The van der Waals surface area contributed by atoms with Gasteiger partial charge in [-0.2, -0.15) is 0 Å². The number of hydrogen-bond acceptors (Lipinski definition) is 2. The molecule has 0 spiro atoms. The first-order valence-electron chi connectivity index (χ1n) is 7.08. The number of carbonyl (C=O) groups is 2. The van der Waals surface area contributed by atoms with Gasteiger partial charge in [-0.05, 0) is 31.0 Å². The number of rotatable bonds is 4. The molecule has 2 amide bonds. The van der Waals surface area contributed by atoms with Crippen molar-refractivity contribution in [2.45, 2.75) is 45.2 Å². The quantitative estimate of drug-likeness (QED) is 0.920. The molecule has 6 heteroatoms. The van der Waals surface area contributed by atoms with Crippen molar-refractivity contribution < 1.29 is 9.59 Å². The van der Waals surface area contributed by atoms with Gasteiger partial charge >= 0.3 is 0 Å². The van der Waals surface area contributed by atoms with Gasteiger partial charge in [0.05, 0.1) is 10.0 Å². The molecule has 4 nitrogen and oxygen atoms in total. The Morgan fingerprint density at radius 1 is 1.19 bits per heavy atom. The second kappa shape index (κ2) is 6.67. The highest BCUT2D eigenvalue weighted by Crippen LogP contribution is 2.30. The number of benzene rings is 1. The van der Waals surface area contributed by atoms with Crippen LogP contribution in [0.15, 0.2) is 18.2 Å². The largest absolute Gasteiger partial charge is 0.342 e. The van der Waals surface area contributed by atoms with E-state index in [9.17, 15) is 9.59 Å². The summed E-state index contributed by atoms with van der Waals surface area (Å²) < 4.78 is 0. The molecule has 2 unspecified atom stereocenters. The van der Waals surface area contributed by atoms with Crippen molar-refractivity contribution in [3.63, 3.8) is 0 Å². The van der Waals surface area contributed by atoms with E-state index < -0.39 is 12.1 Å². The van der Waals surface area contributed by atoms with Crippen molar-refractivity contribution in [2.75, 3.05) is 4.90 Å². The summed E-state index contributed by atoms with van der Waals surface area (Å²) in [4.78, 5) is 26.4. The molecule has 2 atom stereocenters. The number of anilines is 1. The van der Waals surface area contributed by atoms with Gasteiger partial charge in [0, 0.05) is 5.69 Å². The number of nitrogens with zero attached hydrogens (tertiary/aromatic N) is 1. The van der Waals surface area contributed by atoms with E-state index in [1.54, 1.807) is 23.1 Å². The Balaban J connectivity index is 2.41. The molecular formula is C15H18Cl2N2O2. The topological polar surface area (TPSA) is 49.4 Å². The van der Waals surface area contributed by atoms with Crippen molar-refractivity contribution in [3.8, 4) is 0 Å². The molecule has 1 aliphatic rings. The zero-order valence-electron chi connectivity index (χ0n) is 12.0. The lowest BCUT2D eigenvalue weighted by atomic mass is 10.0. The summed E-state index contributed by atoms with van der Waals surface area (Å²) in [5.41, 5.74) is 0.609. The SMILES string of the molecule is CCCC1NC(=O)C(CC)N(c2ccc(Cl)c(Cl)c2)C1=O. The first-order valence-corrected chi connectivity index (χ1v) is 7.83. The molecule has 1 aromatic carbocycles. The average molecular weight is 329 g/mol. The van der Waals surface area contributed by atoms with Crippen molar-refractivity contribution in [3.05, 3.63) is 28.2 Å². The van der Waals surface area contributed by atoms with E-state index in [4.69, 9.17) is 23.2 Å². The van der Waals surface area contributed by atoms with Crippen LogP contribution in [0.5, 0.6) is 0 Å². The van der Waals surface area contributed by atoms with E-state index in [1.165, 1.54) is 0 Å². The molecule has 0 bridgehead atoms. The maximum absolute atomic E-state index is 12.7. The molecule has 0 aliphatic carbocycles. The Morgan fingerprint density at radius 3 is 2.48 bits per heavy atom. The fourth-order valence-electron chi connectivity index (χ4n) is 2.56. The lowest BCUT2D eigenvalue weighted by Gasteiger charge is -2.38. The first-order chi connectivity index (χ1) is 9.99. The van der Waals surface area contributed by atoms with Crippen LogP contribution in [0.2, 0.25) is 10.0 Å². The Hall–Kier alpha value is -1.26. The Morgan fingerprint density at radius 2 is 1.90 bits per heavy atom. The highest BCUT2D eigenvalue weighted by molar-refractivity contribution is 6.42. The average Bonchev–Trinajstić information content (AvgIpc) is 2.45. The van der Waals surface area contributed by atoms with Gasteiger partial charge in [0.25, 0.3) is 0 Å². The van der Waals surface area contributed by atoms with Crippen molar-refractivity contribution in [2.24, 2.45) is 0 Å². The molecule has 1 aromatic rings. The van der Waals surface area contributed by atoms with Gasteiger partial charge in [0.1, 0.15) is 12.1 Å². The predicted molar refractivity (Wildman–Crippen MR) is 84.9 cm³/mol. The zero-order valence-corrected chi connectivity index (χ0v) is 13.5. The fourth-order valence-corrected chi connectivity index (χ4v) is 2.86. The molecule has 1 saturated heterocycles. The number of nitrogens with one attached hydrogen (secondary N) is 1. The third-order valence-electron chi connectivity index (χ3n) is 3.61. The van der Waals surface area contributed by atoms with Gasteiger partial charge in [-0.1, -0.05) is 43.5 Å². The first kappa shape index (κ1) is 16.1. The minimum Gasteiger partial charge on any atom is -0.342 e. The summed E-state index contributed by atoms with van der Waals surface area (Å²) in [6.45, 7) is 3.86. The third kappa shape index (κ3) is 3.16. The maximum atomic E-state index is 12.7. The van der Waals surface area contributed by atoms with Crippen LogP contribution in [0.1, 0.15) is 33.1 Å². The molecule has 1 fully saturated rings. The zero-order chi connectivity index (χ0) is 15.6. The van der Waals surface area contributed by atoms with E-state index in [-0.39, 0.29) is 11.8 Å². The molecule has 21 heavy (non-hydrogen) atoms. The van der Waals surface area contributed by atoms with Crippen LogP contribution in [-0.4, -0.2) is 23.9 Å². The van der Waals surface area contributed by atoms with Crippen molar-refractivity contribution in [1.29, 1.82) is 0 Å². The second-order valence-electron chi connectivity index (χ2n) is 5.08. The Labute approximate surface area is 134 Å². The fraction of sp³-hybridized carbons (Fsp3) is 0.467. The van der Waals surface area contributed by atoms with Crippen LogP contribution >= 0.6 is 23.2 Å². The number of amides is 2. The highest BCUT2D eigenvalue weighted by Gasteiger charge is 2.40. The van der Waals surface area contributed by atoms with Crippen LogP contribution in [0.4, 0.5) is 5.69 Å². The van der Waals surface area contributed by atoms with Crippen molar-refractivity contribution >= 4 is 40.7 Å². The monoisotopic (exact) mass is 328 g/mol. The second-order valence-corrected chi connectivity index (χ2v) is 5.89. The summed E-state index contributed by atoms with van der Waals surface area (Å²) in [7, 11) is 0. The summed E-state index contributed by atoms with van der Waals surface area (Å²) >= 11 is 12.0. The lowest BCUT2D eigenvalue weighted by Crippen LogP contribution is -2.63. The molecule has 1 N–H and O–H groups in total. The smallest absolute Gasteiger partial charge is 0.250 e. The van der Waals surface area contributed by atoms with E-state index in [0.717, 1.165) is 6.42 Å². The minimum absolute atomic E-state index is 0.0957. The highest BCUT2D eigenvalue weighted by atomic mass is 35.5. The number of carbonyl (C=O) groups excluding carboxylic acids is 2. The van der Waals surface area contributed by atoms with Gasteiger partial charge in [-0.3, -0.25) is 14.5 Å². The summed E-state index contributed by atoms with van der Waals surface area (Å²) in [6, 6.07) is 4.01. The van der Waals surface area contributed by atoms with Crippen LogP contribution < -0.4 is 10.2 Å². The molecular weight excluding hydrogens is 311 g/mol. The van der Waals surface area contributed by atoms with E-state index in [0.29, 0.717) is 28.6 Å². The van der Waals surface area contributed by atoms with Crippen LogP contribution in [-0.2, 0) is 9.59 Å². The lowest BCUT2D eigenvalue weighted by molar-refractivity contribution is -0.134. The van der Waals surface area contributed by atoms with Crippen LogP contribution in [0, 0.1) is 0 Å². The van der Waals surface area contributed by atoms with E-state index >= 15 is 0 Å². The van der Waals surface area contributed by atoms with Gasteiger partial charge in [-0.15, -0.1) is 0 Å². The van der Waals surface area contributed by atoms with Gasteiger partial charge < -0.3 is 5.32 Å². The Kier molecular flexibility index (Phi) is 5.12. The summed E-state index contributed by atoms with van der Waals surface area (Å²) in [5, 5.41) is 3.60. The van der Waals surface area contributed by atoms with E-state index in [2.05, 4.69) is 5.32 Å². The normalized spacial score (nSPS) is 22.4.